The van der Waals surface area contributed by atoms with Crippen molar-refractivity contribution in [3.8, 4) is 11.1 Å². The molecule has 0 heterocycles. The average molecular weight is 224 g/mol. The van der Waals surface area contributed by atoms with Crippen molar-refractivity contribution >= 4 is 0 Å². The summed E-state index contributed by atoms with van der Waals surface area (Å²) in [5, 5.41) is 0. The van der Waals surface area contributed by atoms with Crippen LogP contribution >= 0.6 is 0 Å². The normalized spacial score (nSPS) is 10.5. The van der Waals surface area contributed by atoms with Crippen molar-refractivity contribution in [2.75, 3.05) is 0 Å². The molecule has 0 nitrogen and oxygen atoms in total. The molecule has 0 aliphatic carbocycles. The highest BCUT2D eigenvalue weighted by molar-refractivity contribution is 5.68. The Balaban J connectivity index is 2.41. The van der Waals surface area contributed by atoms with Crippen LogP contribution in [-0.2, 0) is 6.42 Å². The Hall–Kier alpha value is -1.56. The molecule has 0 bridgehead atoms. The van der Waals surface area contributed by atoms with Crippen LogP contribution in [0.15, 0.2) is 42.5 Å². The largest absolute Gasteiger partial charge is 0.0651 e. The summed E-state index contributed by atoms with van der Waals surface area (Å²) in [6.07, 6.45) is 2.39. The number of hydrogen-bond acceptors (Lipinski definition) is 0. The zero-order chi connectivity index (χ0) is 12.3. The molecule has 0 heteroatoms. The smallest absolute Gasteiger partial charge is 0.0155 e. The molecule has 2 rings (SSSR count). The molecule has 0 aliphatic rings. The van der Waals surface area contributed by atoms with E-state index in [9.17, 15) is 0 Å². The summed E-state index contributed by atoms with van der Waals surface area (Å²) in [5.41, 5.74) is 6.91. The van der Waals surface area contributed by atoms with Gasteiger partial charge in [-0.1, -0.05) is 55.8 Å². The second-order valence-corrected chi connectivity index (χ2v) is 4.71. The van der Waals surface area contributed by atoms with Gasteiger partial charge in [0.15, 0.2) is 0 Å². The van der Waals surface area contributed by atoms with Gasteiger partial charge in [0.25, 0.3) is 0 Å². The van der Waals surface area contributed by atoms with Crippen LogP contribution in [0.2, 0.25) is 0 Å². The Morgan fingerprint density at radius 1 is 0.882 bits per heavy atom. The van der Waals surface area contributed by atoms with Gasteiger partial charge in [-0.05, 0) is 48.1 Å². The molecule has 0 N–H and O–H groups in total. The Morgan fingerprint density at radius 3 is 2.29 bits per heavy atom. The van der Waals surface area contributed by atoms with Gasteiger partial charge in [-0.15, -0.1) is 0 Å². The molecule has 0 amide bonds. The van der Waals surface area contributed by atoms with Crippen molar-refractivity contribution in [1.29, 1.82) is 0 Å². The number of rotatable bonds is 3. The summed E-state index contributed by atoms with van der Waals surface area (Å²) in [6.45, 7) is 6.62. The summed E-state index contributed by atoms with van der Waals surface area (Å²) in [5.74, 6) is 0. The molecule has 2 aromatic carbocycles. The number of benzene rings is 2. The average Bonchev–Trinajstić information content (AvgIpc) is 2.33. The fourth-order valence-electron chi connectivity index (χ4n) is 2.31. The lowest BCUT2D eigenvalue weighted by Gasteiger charge is -2.10. The predicted octanol–water partition coefficient (Wildman–Crippen LogP) is 4.92. The summed E-state index contributed by atoms with van der Waals surface area (Å²) in [4.78, 5) is 0. The Kier molecular flexibility index (Phi) is 3.63. The van der Waals surface area contributed by atoms with E-state index in [1.165, 1.54) is 40.7 Å². The Morgan fingerprint density at radius 2 is 1.65 bits per heavy atom. The lowest BCUT2D eigenvalue weighted by Crippen LogP contribution is -1.90. The fourth-order valence-corrected chi connectivity index (χ4v) is 2.31. The van der Waals surface area contributed by atoms with Crippen molar-refractivity contribution in [3.63, 3.8) is 0 Å². The third-order valence-corrected chi connectivity index (χ3v) is 3.32. The van der Waals surface area contributed by atoms with E-state index in [-0.39, 0.29) is 0 Å². The van der Waals surface area contributed by atoms with Crippen LogP contribution in [0.5, 0.6) is 0 Å². The topological polar surface area (TPSA) is 0 Å². The molecule has 0 fully saturated rings. The lowest BCUT2D eigenvalue weighted by atomic mass is 9.95. The van der Waals surface area contributed by atoms with Crippen molar-refractivity contribution in [2.45, 2.75) is 33.6 Å². The van der Waals surface area contributed by atoms with Gasteiger partial charge < -0.3 is 0 Å². The summed E-state index contributed by atoms with van der Waals surface area (Å²) in [6, 6.07) is 15.4. The van der Waals surface area contributed by atoms with Crippen molar-refractivity contribution in [1.82, 2.24) is 0 Å². The third kappa shape index (κ3) is 2.58. The van der Waals surface area contributed by atoms with E-state index in [0.29, 0.717) is 0 Å². The van der Waals surface area contributed by atoms with Crippen LogP contribution < -0.4 is 0 Å². The van der Waals surface area contributed by atoms with E-state index in [2.05, 4.69) is 63.2 Å². The van der Waals surface area contributed by atoms with Crippen molar-refractivity contribution in [2.24, 2.45) is 0 Å². The maximum absolute atomic E-state index is 2.31. The molecule has 88 valence electrons. The first-order valence-corrected chi connectivity index (χ1v) is 6.38. The standard InChI is InChI=1S/C17H20/c1-4-7-15-10-11-16(12-14(15)3)17-9-6-5-8-13(17)2/h5-6,8-12H,4,7H2,1-3H3. The lowest BCUT2D eigenvalue weighted by molar-refractivity contribution is 0.913. The number of hydrogen-bond donors (Lipinski definition) is 0. The summed E-state index contributed by atoms with van der Waals surface area (Å²) >= 11 is 0. The molecule has 0 radical (unpaired) electrons. The minimum Gasteiger partial charge on any atom is -0.0651 e. The molecular formula is C17H20. The second kappa shape index (κ2) is 5.18. The molecule has 0 aliphatic heterocycles. The van der Waals surface area contributed by atoms with Crippen LogP contribution in [0.25, 0.3) is 11.1 Å². The van der Waals surface area contributed by atoms with E-state index >= 15 is 0 Å². The molecule has 2 aromatic rings. The molecule has 0 saturated heterocycles. The van der Waals surface area contributed by atoms with Gasteiger partial charge in [0.1, 0.15) is 0 Å². The molecule has 0 aromatic heterocycles. The minimum absolute atomic E-state index is 1.18. The number of aryl methyl sites for hydroxylation is 3. The minimum atomic E-state index is 1.18. The highest BCUT2D eigenvalue weighted by Crippen LogP contribution is 2.25. The van der Waals surface area contributed by atoms with E-state index < -0.39 is 0 Å². The van der Waals surface area contributed by atoms with Gasteiger partial charge in [-0.25, -0.2) is 0 Å². The second-order valence-electron chi connectivity index (χ2n) is 4.71. The van der Waals surface area contributed by atoms with Crippen LogP contribution in [-0.4, -0.2) is 0 Å². The van der Waals surface area contributed by atoms with E-state index in [1.807, 2.05) is 0 Å². The molecule has 0 atom stereocenters. The fraction of sp³-hybridized carbons (Fsp3) is 0.294. The van der Waals surface area contributed by atoms with Gasteiger partial charge >= 0.3 is 0 Å². The van der Waals surface area contributed by atoms with Crippen LogP contribution in [0.4, 0.5) is 0 Å². The van der Waals surface area contributed by atoms with E-state index in [0.717, 1.165) is 0 Å². The molecule has 0 unspecified atom stereocenters. The van der Waals surface area contributed by atoms with Gasteiger partial charge in [-0.3, -0.25) is 0 Å². The molecule has 17 heavy (non-hydrogen) atoms. The highest BCUT2D eigenvalue weighted by atomic mass is 14.1. The summed E-state index contributed by atoms with van der Waals surface area (Å²) < 4.78 is 0. The summed E-state index contributed by atoms with van der Waals surface area (Å²) in [7, 11) is 0. The van der Waals surface area contributed by atoms with Crippen LogP contribution in [0.3, 0.4) is 0 Å². The first kappa shape index (κ1) is 11.9. The maximum atomic E-state index is 2.31. The van der Waals surface area contributed by atoms with E-state index in [4.69, 9.17) is 0 Å². The van der Waals surface area contributed by atoms with E-state index in [1.54, 1.807) is 0 Å². The third-order valence-electron chi connectivity index (χ3n) is 3.32. The van der Waals surface area contributed by atoms with Gasteiger partial charge in [0.2, 0.25) is 0 Å². The molecule has 0 spiro atoms. The van der Waals surface area contributed by atoms with Crippen molar-refractivity contribution < 1.29 is 0 Å². The quantitative estimate of drug-likeness (QED) is 0.694. The zero-order valence-electron chi connectivity index (χ0n) is 11.0. The van der Waals surface area contributed by atoms with Gasteiger partial charge in [0, 0.05) is 0 Å². The van der Waals surface area contributed by atoms with Gasteiger partial charge in [0.05, 0.1) is 0 Å². The monoisotopic (exact) mass is 224 g/mol. The highest BCUT2D eigenvalue weighted by Gasteiger charge is 2.03. The Labute approximate surface area is 104 Å². The van der Waals surface area contributed by atoms with Gasteiger partial charge in [-0.2, -0.15) is 0 Å². The predicted molar refractivity (Wildman–Crippen MR) is 75.3 cm³/mol. The Bertz CT molecular complexity index is 509. The first-order chi connectivity index (χ1) is 8.22. The van der Waals surface area contributed by atoms with Crippen molar-refractivity contribution in [3.05, 3.63) is 59.2 Å². The molecule has 0 saturated carbocycles. The van der Waals surface area contributed by atoms with Crippen LogP contribution in [0.1, 0.15) is 30.0 Å². The SMILES string of the molecule is CCCc1ccc(-c2ccccc2C)cc1C. The first-order valence-electron chi connectivity index (χ1n) is 6.38. The zero-order valence-corrected chi connectivity index (χ0v) is 11.0. The molecular weight excluding hydrogens is 204 g/mol. The van der Waals surface area contributed by atoms with Crippen LogP contribution in [0, 0.1) is 13.8 Å². The maximum Gasteiger partial charge on any atom is -0.0155 e.